The minimum Gasteiger partial charge on any atom is -0.435 e. The smallest absolute Gasteiger partial charge is 0.227 e. The summed E-state index contributed by atoms with van der Waals surface area (Å²) >= 11 is 0. The molecule has 30 heavy (non-hydrogen) atoms. The lowest BCUT2D eigenvalue weighted by Crippen LogP contribution is -2.68. The third-order valence-corrected chi connectivity index (χ3v) is 6.48. The molecule has 2 aromatic heterocycles. The van der Waals surface area contributed by atoms with Crippen LogP contribution in [0.5, 0.6) is 11.6 Å². The molecule has 4 saturated heterocycles. The van der Waals surface area contributed by atoms with Crippen molar-refractivity contribution >= 4 is 5.82 Å². The largest absolute Gasteiger partial charge is 0.435 e. The van der Waals surface area contributed by atoms with E-state index in [1.54, 1.807) is 12.1 Å². The molecule has 6 heterocycles. The van der Waals surface area contributed by atoms with Crippen LogP contribution in [-0.2, 0) is 0 Å². The van der Waals surface area contributed by atoms with E-state index in [2.05, 4.69) is 35.7 Å². The molecule has 0 unspecified atom stereocenters. The first kappa shape index (κ1) is 17.7. The number of anilines is 1. The minimum absolute atomic E-state index is 0.101. The molecular formula is C20H21FN8O. The van der Waals surface area contributed by atoms with Gasteiger partial charge in [-0.2, -0.15) is 0 Å². The van der Waals surface area contributed by atoms with Crippen molar-refractivity contribution in [3.8, 4) is 17.3 Å². The van der Waals surface area contributed by atoms with Crippen LogP contribution in [0.15, 0.2) is 30.9 Å². The van der Waals surface area contributed by atoms with Crippen molar-refractivity contribution in [1.82, 2.24) is 35.5 Å². The molecule has 4 aliphatic heterocycles. The van der Waals surface area contributed by atoms with E-state index >= 15 is 0 Å². The Kier molecular flexibility index (Phi) is 3.95. The predicted octanol–water partition coefficient (Wildman–Crippen LogP) is 2.16. The van der Waals surface area contributed by atoms with Gasteiger partial charge in [0.25, 0.3) is 0 Å². The summed E-state index contributed by atoms with van der Waals surface area (Å²) in [5.74, 6) is 0.868. The summed E-state index contributed by atoms with van der Waals surface area (Å²) in [5, 5.41) is 14.6. The molecule has 7 rings (SSSR count). The number of tetrazole rings is 1. The van der Waals surface area contributed by atoms with Gasteiger partial charge in [-0.25, -0.2) is 19.0 Å². The first-order valence-corrected chi connectivity index (χ1v) is 10.2. The molecule has 9 nitrogen and oxygen atoms in total. The molecule has 10 heteroatoms. The molecule has 0 radical (unpaired) electrons. The lowest BCUT2D eigenvalue weighted by Gasteiger charge is -2.57. The topological polar surface area (TPSA) is 93.9 Å². The predicted molar refractivity (Wildman–Crippen MR) is 105 cm³/mol. The molecule has 4 bridgehead atoms. The second-order valence-electron chi connectivity index (χ2n) is 8.32. The average Bonchev–Trinajstić information content (AvgIpc) is 3.26. The van der Waals surface area contributed by atoms with E-state index < -0.39 is 5.82 Å². The molecule has 3 aromatic rings. The highest BCUT2D eigenvalue weighted by atomic mass is 19.1. The first-order valence-electron chi connectivity index (χ1n) is 10.2. The molecule has 1 N–H and O–H groups in total. The monoisotopic (exact) mass is 408 g/mol. The fourth-order valence-corrected chi connectivity index (χ4v) is 5.29. The van der Waals surface area contributed by atoms with Crippen LogP contribution in [0.4, 0.5) is 10.2 Å². The number of hydrogen-bond donors (Lipinski definition) is 1. The maximum Gasteiger partial charge on any atom is 0.227 e. The maximum absolute atomic E-state index is 14.7. The zero-order valence-electron chi connectivity index (χ0n) is 16.4. The van der Waals surface area contributed by atoms with Gasteiger partial charge in [0.15, 0.2) is 11.6 Å². The molecule has 154 valence electrons. The number of halogens is 1. The summed E-state index contributed by atoms with van der Waals surface area (Å²) in [6, 6.07) is 6.80. The van der Waals surface area contributed by atoms with Gasteiger partial charge in [-0.3, -0.25) is 0 Å². The van der Waals surface area contributed by atoms with E-state index in [0.717, 1.165) is 37.1 Å². The van der Waals surface area contributed by atoms with Gasteiger partial charge in [-0.15, -0.1) is 5.10 Å². The van der Waals surface area contributed by atoms with E-state index in [0.29, 0.717) is 35.7 Å². The Labute approximate surface area is 172 Å². The zero-order valence-corrected chi connectivity index (χ0v) is 16.4. The lowest BCUT2D eigenvalue weighted by molar-refractivity contribution is 0.133. The molecular weight excluding hydrogens is 387 g/mol. The third-order valence-electron chi connectivity index (χ3n) is 6.48. The van der Waals surface area contributed by atoms with E-state index in [-0.39, 0.29) is 5.75 Å². The fourth-order valence-electron chi connectivity index (χ4n) is 5.29. The average molecular weight is 408 g/mol. The Hall–Kier alpha value is -3.14. The SMILES string of the molecule is Cc1c(Oc2ccc(-n3cnnn3)cc2F)ncnc1N1C2CC3CC1CC(C2)N3. The van der Waals surface area contributed by atoms with Crippen molar-refractivity contribution in [2.75, 3.05) is 4.90 Å². The lowest BCUT2D eigenvalue weighted by atomic mass is 9.74. The summed E-state index contributed by atoms with van der Waals surface area (Å²) in [5.41, 5.74) is 1.35. The number of rotatable bonds is 4. The van der Waals surface area contributed by atoms with Crippen molar-refractivity contribution in [3.05, 3.63) is 42.2 Å². The van der Waals surface area contributed by atoms with Gasteiger partial charge in [-0.1, -0.05) is 0 Å². The summed E-state index contributed by atoms with van der Waals surface area (Å²) < 4.78 is 21.9. The molecule has 4 fully saturated rings. The number of nitrogens with one attached hydrogen (secondary N) is 1. The third kappa shape index (κ3) is 2.82. The normalized spacial score (nSPS) is 26.9. The van der Waals surface area contributed by atoms with Gasteiger partial charge in [0.2, 0.25) is 5.88 Å². The zero-order chi connectivity index (χ0) is 20.2. The van der Waals surface area contributed by atoms with Gasteiger partial charge in [-0.05, 0) is 55.2 Å². The molecule has 4 aliphatic rings. The standard InChI is InChI=1S/C20H21FN8O/c1-11-19(29-15-4-12-5-16(29)7-13(6-15)25-12)22-9-23-20(11)30-18-3-2-14(8-17(18)21)28-10-24-26-27-28/h2-3,8-10,12-13,15-16,25H,4-7H2,1H3. The van der Waals surface area contributed by atoms with Gasteiger partial charge in [0, 0.05) is 30.2 Å². The first-order chi connectivity index (χ1) is 14.7. The maximum atomic E-state index is 14.7. The Balaban J connectivity index is 1.29. The van der Waals surface area contributed by atoms with Crippen molar-refractivity contribution in [2.24, 2.45) is 0 Å². The minimum atomic E-state index is -0.511. The molecule has 0 spiro atoms. The van der Waals surface area contributed by atoms with E-state index in [9.17, 15) is 4.39 Å². The van der Waals surface area contributed by atoms with E-state index in [1.807, 2.05) is 6.92 Å². The summed E-state index contributed by atoms with van der Waals surface area (Å²) in [7, 11) is 0. The molecule has 0 atom stereocenters. The van der Waals surface area contributed by atoms with Crippen molar-refractivity contribution in [2.45, 2.75) is 56.8 Å². The number of nitrogens with zero attached hydrogens (tertiary/aromatic N) is 7. The molecule has 0 amide bonds. The van der Waals surface area contributed by atoms with Gasteiger partial charge < -0.3 is 15.0 Å². The molecule has 0 aliphatic carbocycles. The molecule has 0 saturated carbocycles. The van der Waals surface area contributed by atoms with Crippen LogP contribution < -0.4 is 15.0 Å². The summed E-state index contributed by atoms with van der Waals surface area (Å²) in [6.45, 7) is 1.95. The Morgan fingerprint density at radius 2 is 1.87 bits per heavy atom. The van der Waals surface area contributed by atoms with Crippen LogP contribution in [0, 0.1) is 12.7 Å². The van der Waals surface area contributed by atoms with Crippen LogP contribution in [0.1, 0.15) is 31.2 Å². The van der Waals surface area contributed by atoms with Crippen LogP contribution in [0.2, 0.25) is 0 Å². The number of benzene rings is 1. The van der Waals surface area contributed by atoms with E-state index in [1.165, 1.54) is 23.4 Å². The fraction of sp³-hybridized carbons (Fsp3) is 0.450. The van der Waals surface area contributed by atoms with Gasteiger partial charge >= 0.3 is 0 Å². The Morgan fingerprint density at radius 3 is 2.53 bits per heavy atom. The molecule has 1 aromatic carbocycles. The van der Waals surface area contributed by atoms with Crippen molar-refractivity contribution < 1.29 is 9.13 Å². The van der Waals surface area contributed by atoms with Crippen LogP contribution in [0.25, 0.3) is 5.69 Å². The van der Waals surface area contributed by atoms with Crippen molar-refractivity contribution in [3.63, 3.8) is 0 Å². The van der Waals surface area contributed by atoms with Gasteiger partial charge in [0.05, 0.1) is 11.3 Å². The number of hydrogen-bond acceptors (Lipinski definition) is 8. The second-order valence-corrected chi connectivity index (χ2v) is 8.32. The number of aromatic nitrogens is 6. The highest BCUT2D eigenvalue weighted by Gasteiger charge is 2.47. The van der Waals surface area contributed by atoms with Crippen LogP contribution >= 0.6 is 0 Å². The highest BCUT2D eigenvalue weighted by molar-refractivity contribution is 5.54. The van der Waals surface area contributed by atoms with E-state index in [4.69, 9.17) is 4.74 Å². The van der Waals surface area contributed by atoms with Crippen molar-refractivity contribution in [1.29, 1.82) is 0 Å². The quantitative estimate of drug-likeness (QED) is 0.702. The Morgan fingerprint density at radius 1 is 1.10 bits per heavy atom. The number of piperidine rings is 4. The van der Waals surface area contributed by atoms with Crippen LogP contribution in [0.3, 0.4) is 0 Å². The Bertz CT molecular complexity index is 1060. The summed E-state index contributed by atoms with van der Waals surface area (Å²) in [6.07, 6.45) is 7.47. The second kappa shape index (κ2) is 6.69. The van der Waals surface area contributed by atoms with Crippen LogP contribution in [-0.4, -0.2) is 54.3 Å². The van der Waals surface area contributed by atoms with Gasteiger partial charge in [0.1, 0.15) is 18.5 Å². The summed E-state index contributed by atoms with van der Waals surface area (Å²) in [4.78, 5) is 11.3. The highest BCUT2D eigenvalue weighted by Crippen LogP contribution is 2.43. The number of ether oxygens (including phenoxy) is 1.